The number of nitrogens with zero attached hydrogens (tertiary/aromatic N) is 1. The highest BCUT2D eigenvalue weighted by molar-refractivity contribution is 7.92. The van der Waals surface area contributed by atoms with Crippen LogP contribution >= 0.6 is 0 Å². The van der Waals surface area contributed by atoms with Crippen molar-refractivity contribution in [2.75, 3.05) is 22.4 Å². The van der Waals surface area contributed by atoms with Gasteiger partial charge in [-0.3, -0.25) is 9.10 Å². The first kappa shape index (κ1) is 18.0. The number of rotatable bonds is 5. The molecule has 2 aromatic carbocycles. The second-order valence-electron chi connectivity index (χ2n) is 5.75. The Morgan fingerprint density at radius 1 is 1.08 bits per heavy atom. The molecular weight excluding hydrogens is 324 g/mol. The Morgan fingerprint density at radius 2 is 1.71 bits per heavy atom. The Balaban J connectivity index is 2.26. The van der Waals surface area contributed by atoms with Gasteiger partial charge in [0.2, 0.25) is 10.0 Å². The Hall–Kier alpha value is -2.34. The number of amides is 1. The molecule has 5 nitrogen and oxygen atoms in total. The summed E-state index contributed by atoms with van der Waals surface area (Å²) < 4.78 is 25.1. The Morgan fingerprint density at radius 3 is 2.29 bits per heavy atom. The molecule has 0 atom stereocenters. The van der Waals surface area contributed by atoms with Gasteiger partial charge in [0, 0.05) is 18.3 Å². The van der Waals surface area contributed by atoms with Crippen LogP contribution in [0, 0.1) is 13.8 Å². The molecule has 0 saturated heterocycles. The van der Waals surface area contributed by atoms with Gasteiger partial charge in [0.15, 0.2) is 0 Å². The number of hydrogen-bond acceptors (Lipinski definition) is 3. The molecule has 0 aliphatic carbocycles. The second-order valence-corrected chi connectivity index (χ2v) is 8.04. The van der Waals surface area contributed by atoms with Crippen molar-refractivity contribution in [2.45, 2.75) is 20.8 Å². The maximum atomic E-state index is 12.5. The van der Waals surface area contributed by atoms with E-state index in [2.05, 4.69) is 5.32 Å². The van der Waals surface area contributed by atoms with Crippen molar-refractivity contribution in [1.82, 2.24) is 0 Å². The predicted molar refractivity (Wildman–Crippen MR) is 98.2 cm³/mol. The molecule has 128 valence electrons. The van der Waals surface area contributed by atoms with E-state index in [0.29, 0.717) is 11.3 Å². The van der Waals surface area contributed by atoms with Gasteiger partial charge in [-0.15, -0.1) is 0 Å². The average molecular weight is 346 g/mol. The molecule has 24 heavy (non-hydrogen) atoms. The van der Waals surface area contributed by atoms with E-state index in [1.54, 1.807) is 31.2 Å². The topological polar surface area (TPSA) is 66.5 Å². The van der Waals surface area contributed by atoms with Gasteiger partial charge in [0.1, 0.15) is 0 Å². The van der Waals surface area contributed by atoms with Crippen LogP contribution in [0.25, 0.3) is 0 Å². The fourth-order valence-corrected chi connectivity index (χ4v) is 3.27. The maximum absolute atomic E-state index is 12.5. The number of aryl methyl sites for hydroxylation is 2. The first-order chi connectivity index (χ1) is 11.2. The van der Waals surface area contributed by atoms with E-state index in [0.717, 1.165) is 16.8 Å². The summed E-state index contributed by atoms with van der Waals surface area (Å²) >= 11 is 0. The van der Waals surface area contributed by atoms with Crippen LogP contribution in [0.1, 0.15) is 28.4 Å². The molecule has 0 radical (unpaired) electrons. The van der Waals surface area contributed by atoms with Crippen molar-refractivity contribution in [3.05, 3.63) is 59.2 Å². The lowest BCUT2D eigenvalue weighted by molar-refractivity contribution is 0.102. The third-order valence-electron chi connectivity index (χ3n) is 3.73. The molecule has 0 saturated carbocycles. The number of anilines is 2. The highest BCUT2D eigenvalue weighted by Gasteiger charge is 2.17. The van der Waals surface area contributed by atoms with E-state index in [4.69, 9.17) is 0 Å². The smallest absolute Gasteiger partial charge is 0.255 e. The van der Waals surface area contributed by atoms with Crippen molar-refractivity contribution in [3.63, 3.8) is 0 Å². The number of nitrogens with one attached hydrogen (secondary N) is 1. The van der Waals surface area contributed by atoms with Crippen molar-refractivity contribution < 1.29 is 13.2 Å². The first-order valence-electron chi connectivity index (χ1n) is 7.69. The number of carbonyl (C=O) groups is 1. The van der Waals surface area contributed by atoms with Gasteiger partial charge in [0.05, 0.1) is 11.4 Å². The van der Waals surface area contributed by atoms with Crippen molar-refractivity contribution in [3.8, 4) is 0 Å². The number of benzene rings is 2. The summed E-state index contributed by atoms with van der Waals surface area (Å²) in [6, 6.07) is 12.4. The Bertz CT molecular complexity index is 840. The van der Waals surface area contributed by atoms with E-state index in [1.165, 1.54) is 11.4 Å². The zero-order chi connectivity index (χ0) is 17.9. The lowest BCUT2D eigenvalue weighted by atomic mass is 10.1. The fraction of sp³-hybridized carbons (Fsp3) is 0.278. The Labute approximate surface area is 143 Å². The Kier molecular flexibility index (Phi) is 5.29. The fourth-order valence-electron chi connectivity index (χ4n) is 2.45. The molecule has 0 spiro atoms. The number of carbonyl (C=O) groups excluding carboxylic acids is 1. The molecule has 2 aromatic rings. The standard InChI is InChI=1S/C18H22N2O3S/c1-5-24(22,23)20(4)17-8-6-7-15(12-17)18(21)19-16-10-13(2)9-14(3)11-16/h6-12H,5H2,1-4H3,(H,19,21). The minimum atomic E-state index is -3.36. The normalized spacial score (nSPS) is 11.2. The van der Waals surface area contributed by atoms with Crippen LogP contribution in [0.4, 0.5) is 11.4 Å². The van der Waals surface area contributed by atoms with E-state index in [9.17, 15) is 13.2 Å². The predicted octanol–water partition coefficient (Wildman–Crippen LogP) is 3.34. The molecular formula is C18H22N2O3S. The zero-order valence-corrected chi connectivity index (χ0v) is 15.1. The first-order valence-corrected chi connectivity index (χ1v) is 9.30. The van der Waals surface area contributed by atoms with Gasteiger partial charge in [-0.2, -0.15) is 0 Å². The average Bonchev–Trinajstić information content (AvgIpc) is 2.53. The maximum Gasteiger partial charge on any atom is 0.255 e. The molecule has 1 amide bonds. The van der Waals surface area contributed by atoms with Gasteiger partial charge < -0.3 is 5.32 Å². The minimum absolute atomic E-state index is 0.00247. The lowest BCUT2D eigenvalue weighted by Gasteiger charge is -2.19. The van der Waals surface area contributed by atoms with Crippen LogP contribution < -0.4 is 9.62 Å². The number of sulfonamides is 1. The summed E-state index contributed by atoms with van der Waals surface area (Å²) in [5.74, 6) is -0.271. The van der Waals surface area contributed by atoms with Gasteiger partial charge in [-0.25, -0.2) is 8.42 Å². The summed E-state index contributed by atoms with van der Waals surface area (Å²) in [5, 5.41) is 2.85. The summed E-state index contributed by atoms with van der Waals surface area (Å²) in [7, 11) is -1.88. The summed E-state index contributed by atoms with van der Waals surface area (Å²) in [4.78, 5) is 12.5. The second kappa shape index (κ2) is 7.05. The molecule has 0 fully saturated rings. The molecule has 0 aliphatic rings. The lowest BCUT2D eigenvalue weighted by Crippen LogP contribution is -2.28. The molecule has 0 aromatic heterocycles. The van der Waals surface area contributed by atoms with Crippen LogP contribution in [0.15, 0.2) is 42.5 Å². The highest BCUT2D eigenvalue weighted by atomic mass is 32.2. The van der Waals surface area contributed by atoms with E-state index in [1.807, 2.05) is 32.0 Å². The summed E-state index contributed by atoms with van der Waals surface area (Å²) in [5.41, 5.74) is 3.72. The quantitative estimate of drug-likeness (QED) is 0.903. The van der Waals surface area contributed by atoms with Gasteiger partial charge >= 0.3 is 0 Å². The highest BCUT2D eigenvalue weighted by Crippen LogP contribution is 2.20. The van der Waals surface area contributed by atoms with Crippen LogP contribution in [-0.2, 0) is 10.0 Å². The molecule has 0 unspecified atom stereocenters. The molecule has 0 aliphatic heterocycles. The van der Waals surface area contributed by atoms with Crippen LogP contribution in [-0.4, -0.2) is 27.1 Å². The van der Waals surface area contributed by atoms with Crippen LogP contribution in [0.2, 0.25) is 0 Å². The summed E-state index contributed by atoms with van der Waals surface area (Å²) in [6.45, 7) is 5.52. The monoisotopic (exact) mass is 346 g/mol. The SMILES string of the molecule is CCS(=O)(=O)N(C)c1cccc(C(=O)Nc2cc(C)cc(C)c2)c1. The molecule has 0 bridgehead atoms. The minimum Gasteiger partial charge on any atom is -0.322 e. The molecule has 2 rings (SSSR count). The van der Waals surface area contributed by atoms with E-state index >= 15 is 0 Å². The van der Waals surface area contributed by atoms with Gasteiger partial charge in [0.25, 0.3) is 5.91 Å². The van der Waals surface area contributed by atoms with Crippen molar-refractivity contribution >= 4 is 27.3 Å². The molecule has 6 heteroatoms. The third kappa shape index (κ3) is 4.14. The number of hydrogen-bond donors (Lipinski definition) is 1. The van der Waals surface area contributed by atoms with Gasteiger partial charge in [-0.1, -0.05) is 12.1 Å². The largest absolute Gasteiger partial charge is 0.322 e. The third-order valence-corrected chi connectivity index (χ3v) is 5.51. The van der Waals surface area contributed by atoms with Crippen molar-refractivity contribution in [1.29, 1.82) is 0 Å². The van der Waals surface area contributed by atoms with Crippen LogP contribution in [0.3, 0.4) is 0 Å². The van der Waals surface area contributed by atoms with Gasteiger partial charge in [-0.05, 0) is 62.2 Å². The summed E-state index contributed by atoms with van der Waals surface area (Å²) in [6.07, 6.45) is 0. The molecule has 0 heterocycles. The molecule has 1 N–H and O–H groups in total. The van der Waals surface area contributed by atoms with Crippen molar-refractivity contribution in [2.24, 2.45) is 0 Å². The van der Waals surface area contributed by atoms with E-state index in [-0.39, 0.29) is 11.7 Å². The zero-order valence-electron chi connectivity index (χ0n) is 14.3. The van der Waals surface area contributed by atoms with E-state index < -0.39 is 10.0 Å². The van der Waals surface area contributed by atoms with Crippen LogP contribution in [0.5, 0.6) is 0 Å².